The molecule has 1 saturated carbocycles. The molecule has 0 radical (unpaired) electrons. The molecule has 5 heteroatoms. The Balaban J connectivity index is 2.14. The van der Waals surface area contributed by atoms with Gasteiger partial charge in [-0.3, -0.25) is 0 Å². The maximum atomic E-state index is 12.5. The molecule has 0 heterocycles. The van der Waals surface area contributed by atoms with Gasteiger partial charge in [-0.25, -0.2) is 0 Å². The minimum absolute atomic E-state index is 0.134. The molecule has 0 aliphatic heterocycles. The quantitative estimate of drug-likeness (QED) is 0.894. The average molecular weight is 274 g/mol. The van der Waals surface area contributed by atoms with Gasteiger partial charge in [0.25, 0.3) is 0 Å². The van der Waals surface area contributed by atoms with E-state index in [2.05, 4.69) is 0 Å². The van der Waals surface area contributed by atoms with E-state index in [0.29, 0.717) is 31.2 Å². The summed E-state index contributed by atoms with van der Waals surface area (Å²) in [7, 11) is 1.63. The summed E-state index contributed by atoms with van der Waals surface area (Å²) >= 11 is 0. The zero-order valence-corrected chi connectivity index (χ0v) is 10.7. The predicted octanol–water partition coefficient (Wildman–Crippen LogP) is 3.48. The van der Waals surface area contributed by atoms with E-state index < -0.39 is 17.3 Å². The lowest BCUT2D eigenvalue weighted by atomic mass is 9.78. The van der Waals surface area contributed by atoms with Crippen molar-refractivity contribution >= 4 is 0 Å². The highest BCUT2D eigenvalue weighted by atomic mass is 19.4. The molecule has 1 aliphatic carbocycles. The first-order valence-corrected chi connectivity index (χ1v) is 6.28. The number of ether oxygens (including phenoxy) is 1. The van der Waals surface area contributed by atoms with E-state index in [1.165, 1.54) is 12.1 Å². The van der Waals surface area contributed by atoms with Crippen LogP contribution < -0.4 is 0 Å². The molecular formula is C14H17F3O2. The van der Waals surface area contributed by atoms with Crippen molar-refractivity contribution in [1.82, 2.24) is 0 Å². The third kappa shape index (κ3) is 3.09. The van der Waals surface area contributed by atoms with Gasteiger partial charge in [0.05, 0.1) is 17.3 Å². The maximum Gasteiger partial charge on any atom is 0.416 e. The largest absolute Gasteiger partial charge is 0.416 e. The van der Waals surface area contributed by atoms with Crippen LogP contribution in [0.2, 0.25) is 0 Å². The summed E-state index contributed by atoms with van der Waals surface area (Å²) < 4.78 is 42.7. The van der Waals surface area contributed by atoms with Crippen LogP contribution in [0.4, 0.5) is 13.2 Å². The fourth-order valence-electron chi connectivity index (χ4n) is 2.56. The molecule has 1 aromatic carbocycles. The molecule has 1 fully saturated rings. The molecule has 2 nitrogen and oxygen atoms in total. The van der Waals surface area contributed by atoms with Gasteiger partial charge >= 0.3 is 6.18 Å². The Hall–Kier alpha value is -1.07. The van der Waals surface area contributed by atoms with Crippen LogP contribution in [0.3, 0.4) is 0 Å². The molecule has 0 bridgehead atoms. The van der Waals surface area contributed by atoms with Crippen LogP contribution >= 0.6 is 0 Å². The highest BCUT2D eigenvalue weighted by Gasteiger charge is 2.36. The first-order valence-electron chi connectivity index (χ1n) is 6.28. The second-order valence-corrected chi connectivity index (χ2v) is 5.04. The SMILES string of the molecule is COC1CCC(O)(c2ccc(C(F)(F)F)cc2)CC1. The van der Waals surface area contributed by atoms with Crippen molar-refractivity contribution in [2.45, 2.75) is 43.6 Å². The number of alkyl halides is 3. The lowest BCUT2D eigenvalue weighted by Gasteiger charge is -2.36. The molecule has 0 unspecified atom stereocenters. The third-order valence-corrected chi connectivity index (χ3v) is 3.84. The Morgan fingerprint density at radius 1 is 1.16 bits per heavy atom. The van der Waals surface area contributed by atoms with Gasteiger partial charge in [-0.15, -0.1) is 0 Å². The summed E-state index contributed by atoms with van der Waals surface area (Å²) in [6.45, 7) is 0. The van der Waals surface area contributed by atoms with Crippen LogP contribution in [0.15, 0.2) is 24.3 Å². The number of methoxy groups -OCH3 is 1. The van der Waals surface area contributed by atoms with Crippen molar-refractivity contribution in [3.63, 3.8) is 0 Å². The van der Waals surface area contributed by atoms with E-state index >= 15 is 0 Å². The Kier molecular flexibility index (Phi) is 3.87. The molecule has 1 aromatic rings. The standard InChI is InChI=1S/C14H17F3O2/c1-19-12-6-8-13(18,9-7-12)10-2-4-11(5-3-10)14(15,16)17/h2-5,12,18H,6-9H2,1H3. The lowest BCUT2D eigenvalue weighted by molar-refractivity contribution is -0.137. The summed E-state index contributed by atoms with van der Waals surface area (Å²) in [5, 5.41) is 10.5. The summed E-state index contributed by atoms with van der Waals surface area (Å²) in [6.07, 6.45) is -1.75. The number of halogens is 3. The highest BCUT2D eigenvalue weighted by Crippen LogP contribution is 2.39. The van der Waals surface area contributed by atoms with Crippen molar-refractivity contribution in [3.05, 3.63) is 35.4 Å². The minimum atomic E-state index is -4.34. The second kappa shape index (κ2) is 5.13. The van der Waals surface area contributed by atoms with Gasteiger partial charge in [-0.1, -0.05) is 12.1 Å². The molecule has 0 amide bonds. The van der Waals surface area contributed by atoms with Crippen LogP contribution in [-0.4, -0.2) is 18.3 Å². The monoisotopic (exact) mass is 274 g/mol. The third-order valence-electron chi connectivity index (χ3n) is 3.84. The molecule has 0 saturated heterocycles. The van der Waals surface area contributed by atoms with Gasteiger partial charge in [-0.2, -0.15) is 13.2 Å². The summed E-state index contributed by atoms with van der Waals surface area (Å²) in [5.74, 6) is 0. The molecule has 1 N–H and O–H groups in total. The Morgan fingerprint density at radius 2 is 1.68 bits per heavy atom. The Bertz CT molecular complexity index is 417. The second-order valence-electron chi connectivity index (χ2n) is 5.04. The molecule has 19 heavy (non-hydrogen) atoms. The van der Waals surface area contributed by atoms with E-state index in [-0.39, 0.29) is 6.10 Å². The molecule has 0 atom stereocenters. The van der Waals surface area contributed by atoms with Crippen molar-refractivity contribution < 1.29 is 23.0 Å². The van der Waals surface area contributed by atoms with E-state index in [0.717, 1.165) is 12.1 Å². The number of aliphatic hydroxyl groups is 1. The minimum Gasteiger partial charge on any atom is -0.385 e. The van der Waals surface area contributed by atoms with Crippen LogP contribution in [0.25, 0.3) is 0 Å². The van der Waals surface area contributed by atoms with E-state index in [9.17, 15) is 18.3 Å². The molecular weight excluding hydrogens is 257 g/mol. The maximum absolute atomic E-state index is 12.5. The van der Waals surface area contributed by atoms with Crippen LogP contribution in [0.5, 0.6) is 0 Å². The van der Waals surface area contributed by atoms with E-state index in [1.807, 2.05) is 0 Å². The topological polar surface area (TPSA) is 29.5 Å². The first kappa shape index (κ1) is 14.3. The summed E-state index contributed by atoms with van der Waals surface area (Å²) in [4.78, 5) is 0. The molecule has 2 rings (SSSR count). The van der Waals surface area contributed by atoms with E-state index in [4.69, 9.17) is 4.74 Å². The van der Waals surface area contributed by atoms with Crippen molar-refractivity contribution in [3.8, 4) is 0 Å². The van der Waals surface area contributed by atoms with Gasteiger partial charge in [0, 0.05) is 7.11 Å². The molecule has 106 valence electrons. The molecule has 0 spiro atoms. The zero-order valence-electron chi connectivity index (χ0n) is 10.7. The van der Waals surface area contributed by atoms with Gasteiger partial charge < -0.3 is 9.84 Å². The van der Waals surface area contributed by atoms with Crippen molar-refractivity contribution in [1.29, 1.82) is 0 Å². The highest BCUT2D eigenvalue weighted by molar-refractivity contribution is 5.29. The number of hydrogen-bond donors (Lipinski definition) is 1. The number of benzene rings is 1. The summed E-state index contributed by atoms with van der Waals surface area (Å²) in [5.41, 5.74) is -1.17. The smallest absolute Gasteiger partial charge is 0.385 e. The first-order chi connectivity index (χ1) is 8.85. The molecule has 0 aromatic heterocycles. The number of hydrogen-bond acceptors (Lipinski definition) is 2. The van der Waals surface area contributed by atoms with Gasteiger partial charge in [-0.05, 0) is 43.4 Å². The fraction of sp³-hybridized carbons (Fsp3) is 0.571. The zero-order chi connectivity index (χ0) is 14.1. The van der Waals surface area contributed by atoms with Gasteiger partial charge in [0.15, 0.2) is 0 Å². The van der Waals surface area contributed by atoms with Crippen molar-refractivity contribution in [2.24, 2.45) is 0 Å². The van der Waals surface area contributed by atoms with Gasteiger partial charge in [0.1, 0.15) is 0 Å². The lowest BCUT2D eigenvalue weighted by Crippen LogP contribution is -2.34. The van der Waals surface area contributed by atoms with Gasteiger partial charge in [0.2, 0.25) is 0 Å². The fourth-order valence-corrected chi connectivity index (χ4v) is 2.56. The normalized spacial score (nSPS) is 28.4. The Labute approximate surface area is 110 Å². The Morgan fingerprint density at radius 3 is 2.11 bits per heavy atom. The van der Waals surface area contributed by atoms with Crippen molar-refractivity contribution in [2.75, 3.05) is 7.11 Å². The number of rotatable bonds is 2. The molecule has 1 aliphatic rings. The predicted molar refractivity (Wildman–Crippen MR) is 64.6 cm³/mol. The van der Waals surface area contributed by atoms with E-state index in [1.54, 1.807) is 7.11 Å². The van der Waals surface area contributed by atoms with Crippen LogP contribution in [0, 0.1) is 0 Å². The average Bonchev–Trinajstić information content (AvgIpc) is 2.39. The van der Waals surface area contributed by atoms with Crippen LogP contribution in [0.1, 0.15) is 36.8 Å². The van der Waals surface area contributed by atoms with Crippen LogP contribution in [-0.2, 0) is 16.5 Å². The summed E-state index contributed by atoms with van der Waals surface area (Å²) in [6, 6.07) is 4.79.